The number of benzene rings is 1. The molecule has 0 spiro atoms. The maximum atomic E-state index is 11.7. The molecule has 1 N–H and O–H groups in total. The first-order valence-electron chi connectivity index (χ1n) is 4.31. The summed E-state index contributed by atoms with van der Waals surface area (Å²) in [6.45, 7) is 0.253. The van der Waals surface area contributed by atoms with Gasteiger partial charge >= 0.3 is 0 Å². The van der Waals surface area contributed by atoms with Crippen molar-refractivity contribution in [2.24, 2.45) is 0 Å². The van der Waals surface area contributed by atoms with E-state index in [4.69, 9.17) is 16.3 Å². The van der Waals surface area contributed by atoms with Crippen LogP contribution in [-0.4, -0.2) is 26.5 Å². The molecule has 0 radical (unpaired) electrons. The number of methoxy groups -OCH3 is 1. The van der Waals surface area contributed by atoms with E-state index in [0.29, 0.717) is 16.3 Å². The number of rotatable bonds is 4. The highest BCUT2D eigenvalue weighted by atomic mass is 79.9. The largest absolute Gasteiger partial charge is 0.494 e. The molecule has 0 aromatic heterocycles. The number of ether oxygens (including phenoxy) is 1. The van der Waals surface area contributed by atoms with E-state index < -0.39 is 0 Å². The van der Waals surface area contributed by atoms with Crippen LogP contribution in [0.15, 0.2) is 16.6 Å². The van der Waals surface area contributed by atoms with Crippen LogP contribution in [0.5, 0.6) is 5.75 Å². The predicted octanol–water partition coefficient (Wildman–Crippen LogP) is 2.51. The lowest BCUT2D eigenvalue weighted by atomic mass is 10.1. The Balaban J connectivity index is 3.20. The zero-order valence-electron chi connectivity index (χ0n) is 8.43. The van der Waals surface area contributed by atoms with Crippen LogP contribution in [0, 0.1) is 0 Å². The average molecular weight is 293 g/mol. The third kappa shape index (κ3) is 2.93. The Morgan fingerprint density at radius 3 is 2.80 bits per heavy atom. The third-order valence-corrected chi connectivity index (χ3v) is 2.59. The predicted molar refractivity (Wildman–Crippen MR) is 64.0 cm³/mol. The van der Waals surface area contributed by atoms with Gasteiger partial charge in [-0.05, 0) is 19.2 Å². The minimum absolute atomic E-state index is 0.0578. The van der Waals surface area contributed by atoms with Crippen LogP contribution in [0.4, 0.5) is 0 Å². The van der Waals surface area contributed by atoms with Crippen molar-refractivity contribution in [3.63, 3.8) is 0 Å². The van der Waals surface area contributed by atoms with Crippen LogP contribution in [-0.2, 0) is 0 Å². The van der Waals surface area contributed by atoms with Crippen LogP contribution in [0.1, 0.15) is 10.4 Å². The molecule has 0 bridgehead atoms. The molecule has 1 aromatic rings. The highest BCUT2D eigenvalue weighted by Crippen LogP contribution is 2.32. The number of ketones is 1. The number of Topliss-reactive ketones (excluding diaryl/α,β-unsaturated/α-hetero) is 1. The quantitative estimate of drug-likeness (QED) is 0.867. The van der Waals surface area contributed by atoms with Gasteiger partial charge in [-0.15, -0.1) is 0 Å². The number of carbonyl (C=O) groups excluding carboxylic acids is 1. The van der Waals surface area contributed by atoms with Gasteiger partial charge in [-0.2, -0.15) is 0 Å². The molecule has 0 fully saturated rings. The smallest absolute Gasteiger partial charge is 0.180 e. The highest BCUT2D eigenvalue weighted by Gasteiger charge is 2.15. The molecule has 0 aliphatic carbocycles. The molecule has 1 rings (SSSR count). The number of hydrogen-bond acceptors (Lipinski definition) is 3. The molecule has 3 nitrogen and oxygen atoms in total. The monoisotopic (exact) mass is 291 g/mol. The summed E-state index contributed by atoms with van der Waals surface area (Å²) in [6, 6.07) is 3.39. The second-order valence-electron chi connectivity index (χ2n) is 2.92. The van der Waals surface area contributed by atoms with Gasteiger partial charge in [0.25, 0.3) is 0 Å². The first-order chi connectivity index (χ1) is 7.10. The van der Waals surface area contributed by atoms with Crippen LogP contribution in [0.3, 0.4) is 0 Å². The Morgan fingerprint density at radius 2 is 2.27 bits per heavy atom. The van der Waals surface area contributed by atoms with Crippen LogP contribution >= 0.6 is 27.5 Å². The molecule has 0 amide bonds. The van der Waals surface area contributed by atoms with Gasteiger partial charge in [-0.1, -0.05) is 27.5 Å². The van der Waals surface area contributed by atoms with Crippen LogP contribution < -0.4 is 10.1 Å². The molecule has 0 saturated heterocycles. The summed E-state index contributed by atoms with van der Waals surface area (Å²) in [5.41, 5.74) is 0.478. The highest BCUT2D eigenvalue weighted by molar-refractivity contribution is 9.10. The summed E-state index contributed by atoms with van der Waals surface area (Å²) in [5.74, 6) is 0.359. The lowest BCUT2D eigenvalue weighted by Gasteiger charge is -2.09. The Kier molecular flexibility index (Phi) is 4.57. The third-order valence-electron chi connectivity index (χ3n) is 1.85. The molecular formula is C10H11BrClNO2. The molecule has 0 aliphatic rings. The summed E-state index contributed by atoms with van der Waals surface area (Å²) in [4.78, 5) is 11.7. The molecular weight excluding hydrogens is 281 g/mol. The molecule has 0 aliphatic heterocycles. The van der Waals surface area contributed by atoms with E-state index in [-0.39, 0.29) is 12.3 Å². The molecule has 0 atom stereocenters. The van der Waals surface area contributed by atoms with Crippen molar-refractivity contribution in [1.82, 2.24) is 5.32 Å². The SMILES string of the molecule is CNCC(=O)c1cc(Br)cc(Cl)c1OC. The normalized spacial score (nSPS) is 10.1. The van der Waals surface area contributed by atoms with Crippen molar-refractivity contribution in [1.29, 1.82) is 0 Å². The van der Waals surface area contributed by atoms with Gasteiger partial charge < -0.3 is 10.1 Å². The average Bonchev–Trinajstić information content (AvgIpc) is 2.17. The summed E-state index contributed by atoms with van der Waals surface area (Å²) in [6.07, 6.45) is 0. The Hall–Kier alpha value is -0.580. The molecule has 82 valence electrons. The van der Waals surface area contributed by atoms with E-state index in [1.54, 1.807) is 19.2 Å². The summed E-state index contributed by atoms with van der Waals surface area (Å²) < 4.78 is 5.85. The zero-order chi connectivity index (χ0) is 11.4. The Bertz CT molecular complexity index is 382. The summed E-state index contributed by atoms with van der Waals surface area (Å²) in [7, 11) is 3.20. The minimum atomic E-state index is -0.0578. The summed E-state index contributed by atoms with van der Waals surface area (Å²) >= 11 is 9.23. The van der Waals surface area contributed by atoms with Gasteiger partial charge in [0.05, 0.1) is 24.2 Å². The van der Waals surface area contributed by atoms with E-state index in [1.807, 2.05) is 0 Å². The van der Waals surface area contributed by atoms with Crippen molar-refractivity contribution >= 4 is 33.3 Å². The first kappa shape index (κ1) is 12.5. The zero-order valence-corrected chi connectivity index (χ0v) is 10.8. The molecule has 0 saturated carbocycles. The van der Waals surface area contributed by atoms with Crippen molar-refractivity contribution < 1.29 is 9.53 Å². The van der Waals surface area contributed by atoms with E-state index in [9.17, 15) is 4.79 Å². The van der Waals surface area contributed by atoms with Gasteiger partial charge in [0, 0.05) is 4.47 Å². The van der Waals surface area contributed by atoms with Crippen LogP contribution in [0.25, 0.3) is 0 Å². The fourth-order valence-electron chi connectivity index (χ4n) is 1.23. The number of hydrogen-bond donors (Lipinski definition) is 1. The van der Waals surface area contributed by atoms with Crippen molar-refractivity contribution in [2.45, 2.75) is 0 Å². The second kappa shape index (κ2) is 5.49. The second-order valence-corrected chi connectivity index (χ2v) is 4.24. The number of nitrogens with one attached hydrogen (secondary N) is 1. The van der Waals surface area contributed by atoms with Gasteiger partial charge in [0.2, 0.25) is 0 Å². The molecule has 0 heterocycles. The molecule has 5 heteroatoms. The fourth-order valence-corrected chi connectivity index (χ4v) is 2.12. The topological polar surface area (TPSA) is 38.3 Å². The number of carbonyl (C=O) groups is 1. The Labute approximate surface area is 102 Å². The van der Waals surface area contributed by atoms with Gasteiger partial charge in [-0.25, -0.2) is 0 Å². The van der Waals surface area contributed by atoms with Crippen LogP contribution in [0.2, 0.25) is 5.02 Å². The lowest BCUT2D eigenvalue weighted by molar-refractivity contribution is 0.0990. The maximum Gasteiger partial charge on any atom is 0.180 e. The fraction of sp³-hybridized carbons (Fsp3) is 0.300. The van der Waals surface area contributed by atoms with Crippen molar-refractivity contribution in [2.75, 3.05) is 20.7 Å². The van der Waals surface area contributed by atoms with Crippen molar-refractivity contribution in [3.05, 3.63) is 27.2 Å². The van der Waals surface area contributed by atoms with Gasteiger partial charge in [-0.3, -0.25) is 4.79 Å². The summed E-state index contributed by atoms with van der Waals surface area (Å²) in [5, 5.41) is 3.22. The lowest BCUT2D eigenvalue weighted by Crippen LogP contribution is -2.19. The maximum absolute atomic E-state index is 11.7. The molecule has 1 aromatic carbocycles. The number of halogens is 2. The minimum Gasteiger partial charge on any atom is -0.494 e. The van der Waals surface area contributed by atoms with Gasteiger partial charge in [0.1, 0.15) is 5.75 Å². The van der Waals surface area contributed by atoms with E-state index >= 15 is 0 Å². The van der Waals surface area contributed by atoms with Crippen molar-refractivity contribution in [3.8, 4) is 5.75 Å². The molecule has 0 unspecified atom stereocenters. The first-order valence-corrected chi connectivity index (χ1v) is 5.48. The van der Waals surface area contributed by atoms with E-state index in [0.717, 1.165) is 4.47 Å². The van der Waals surface area contributed by atoms with E-state index in [1.165, 1.54) is 7.11 Å². The van der Waals surface area contributed by atoms with E-state index in [2.05, 4.69) is 21.2 Å². The molecule has 15 heavy (non-hydrogen) atoms. The standard InChI is InChI=1S/C10H11BrClNO2/c1-13-5-9(14)7-3-6(11)4-8(12)10(7)15-2/h3-4,13H,5H2,1-2H3. The van der Waals surface area contributed by atoms with Gasteiger partial charge in [0.15, 0.2) is 5.78 Å². The Morgan fingerprint density at radius 1 is 1.60 bits per heavy atom. The number of likely N-dealkylation sites (N-methyl/N-ethyl adjacent to an activating group) is 1.